The number of esters is 2. The predicted molar refractivity (Wildman–Crippen MR) is 188 cm³/mol. The monoisotopic (exact) mass is 748 g/mol. The molecule has 2 unspecified atom stereocenters. The summed E-state index contributed by atoms with van der Waals surface area (Å²) >= 11 is 12.9. The van der Waals surface area contributed by atoms with E-state index in [-0.39, 0.29) is 45.5 Å². The van der Waals surface area contributed by atoms with Crippen molar-refractivity contribution >= 4 is 107 Å². The molecule has 0 saturated heterocycles. The molecule has 2 aromatic heterocycles. The number of pyridine rings is 2. The van der Waals surface area contributed by atoms with Gasteiger partial charge in [-0.1, -0.05) is 22.7 Å². The zero-order valence-corrected chi connectivity index (χ0v) is 29.5. The van der Waals surface area contributed by atoms with Crippen LogP contribution in [0.5, 0.6) is 0 Å². The Morgan fingerprint density at radius 3 is 1.78 bits per heavy atom. The fraction of sp³-hybridized carbons (Fsp3) is 0.385. The van der Waals surface area contributed by atoms with Crippen molar-refractivity contribution in [3.63, 3.8) is 0 Å². The molecule has 0 bridgehead atoms. The summed E-state index contributed by atoms with van der Waals surface area (Å²) in [6.45, 7) is 0. The topological polar surface area (TPSA) is 195 Å². The van der Waals surface area contributed by atoms with Crippen molar-refractivity contribution in [2.24, 2.45) is 0 Å². The number of aldehydes is 1. The molecule has 0 spiro atoms. The van der Waals surface area contributed by atoms with E-state index in [2.05, 4.69) is 67.9 Å². The average Bonchev–Trinajstić information content (AvgIpc) is 3.07. The second-order valence-corrected chi connectivity index (χ2v) is 13.0. The van der Waals surface area contributed by atoms with Crippen LogP contribution in [0.2, 0.25) is 0 Å². The lowest BCUT2D eigenvalue weighted by atomic mass is 10.0. The molecule has 0 radical (unpaired) electrons. The number of nitrogens with one attached hydrogen (secondary N) is 4. The molecule has 2 rings (SSSR count). The Bertz CT molecular complexity index is 1380. The Morgan fingerprint density at radius 2 is 1.35 bits per heavy atom. The first kappa shape index (κ1) is 39.7. The number of aromatic nitrogens is 2. The first-order valence-corrected chi connectivity index (χ1v) is 18.1. The maximum absolute atomic E-state index is 13.5. The lowest BCUT2D eigenvalue weighted by Gasteiger charge is -2.19. The molecule has 0 aliphatic carbocycles. The van der Waals surface area contributed by atoms with E-state index in [0.29, 0.717) is 6.29 Å². The third kappa shape index (κ3) is 12.3. The Balaban J connectivity index is 2.28. The van der Waals surface area contributed by atoms with E-state index in [1.54, 1.807) is 0 Å². The molecule has 14 nitrogen and oxygen atoms in total. The highest BCUT2D eigenvalue weighted by atomic mass is 33.1. The summed E-state index contributed by atoms with van der Waals surface area (Å²) in [7, 11) is 4.64. The smallest absolute Gasteiger partial charge is 0.329 e. The summed E-state index contributed by atoms with van der Waals surface area (Å²) in [4.78, 5) is 83.0. The van der Waals surface area contributed by atoms with E-state index in [9.17, 15) is 28.8 Å². The maximum atomic E-state index is 13.5. The van der Waals surface area contributed by atoms with Gasteiger partial charge >= 0.3 is 11.9 Å². The van der Waals surface area contributed by atoms with Crippen LogP contribution < -0.4 is 20.1 Å². The van der Waals surface area contributed by atoms with Crippen LogP contribution in [-0.4, -0.2) is 107 Å². The molecule has 4 atom stereocenters. The summed E-state index contributed by atoms with van der Waals surface area (Å²) in [6.07, 6.45) is 3.51. The minimum Gasteiger partial charge on any atom is -0.467 e. The van der Waals surface area contributed by atoms with Gasteiger partial charge in [0.15, 0.2) is 0 Å². The van der Waals surface area contributed by atoms with Crippen LogP contribution in [0.25, 0.3) is 11.4 Å². The summed E-state index contributed by atoms with van der Waals surface area (Å²) in [5.74, 6) is -2.33. The second kappa shape index (κ2) is 21.4. The molecule has 0 saturated carbocycles. The third-order valence-corrected chi connectivity index (χ3v) is 9.78. The molecule has 0 aliphatic heterocycles. The van der Waals surface area contributed by atoms with Gasteiger partial charge in [-0.05, 0) is 35.2 Å². The van der Waals surface area contributed by atoms with Gasteiger partial charge in [-0.3, -0.25) is 29.1 Å². The highest BCUT2D eigenvalue weighted by Gasteiger charge is 2.28. The minimum atomic E-state index is -1.13. The van der Waals surface area contributed by atoms with E-state index in [1.165, 1.54) is 61.7 Å². The molecule has 0 aromatic carbocycles. The van der Waals surface area contributed by atoms with Crippen LogP contribution in [0, 0.1) is 0 Å². The Morgan fingerprint density at radius 1 is 0.826 bits per heavy atom. The van der Waals surface area contributed by atoms with Crippen molar-refractivity contribution in [3.05, 3.63) is 47.8 Å². The van der Waals surface area contributed by atoms with Gasteiger partial charge in [0.05, 0.1) is 37.4 Å². The number of carbonyl (C=O) groups excluding carboxylic acids is 6. The lowest BCUT2D eigenvalue weighted by Crippen LogP contribution is -2.45. The molecule has 2 heterocycles. The van der Waals surface area contributed by atoms with Gasteiger partial charge in [0, 0.05) is 35.4 Å². The lowest BCUT2D eigenvalue weighted by molar-refractivity contribution is -0.143. The van der Waals surface area contributed by atoms with Gasteiger partial charge in [0.1, 0.15) is 29.8 Å². The number of methoxy groups -OCH3 is 2. The zero-order chi connectivity index (χ0) is 34.1. The zero-order valence-electron chi connectivity index (χ0n) is 24.4. The van der Waals surface area contributed by atoms with Gasteiger partial charge in [-0.15, -0.1) is 12.6 Å². The Hall–Kier alpha value is -2.46. The van der Waals surface area contributed by atoms with Crippen molar-refractivity contribution in [2.75, 3.05) is 37.2 Å². The van der Waals surface area contributed by atoms with Crippen LogP contribution in [0.1, 0.15) is 20.7 Å². The molecule has 0 aliphatic rings. The minimum absolute atomic E-state index is 0.00245. The van der Waals surface area contributed by atoms with Crippen LogP contribution in [0.3, 0.4) is 0 Å². The van der Waals surface area contributed by atoms with Crippen molar-refractivity contribution in [3.8, 4) is 11.4 Å². The molecular formula is C26H32N6O8S6. The van der Waals surface area contributed by atoms with Gasteiger partial charge in [0.2, 0.25) is 5.12 Å². The molecule has 0 fully saturated rings. The molecule has 20 heteroatoms. The van der Waals surface area contributed by atoms with E-state index >= 15 is 0 Å². The average molecular weight is 749 g/mol. The molecule has 46 heavy (non-hydrogen) atoms. The van der Waals surface area contributed by atoms with Gasteiger partial charge < -0.3 is 24.9 Å². The molecule has 2 amide bonds. The second-order valence-electron chi connectivity index (χ2n) is 8.81. The summed E-state index contributed by atoms with van der Waals surface area (Å²) in [5, 5.41) is 4.78. The van der Waals surface area contributed by atoms with E-state index < -0.39 is 53.0 Å². The molecular weight excluding hydrogens is 717 g/mol. The van der Waals surface area contributed by atoms with E-state index in [1.807, 2.05) is 0 Å². The number of amides is 2. The van der Waals surface area contributed by atoms with Crippen molar-refractivity contribution in [1.29, 1.82) is 0 Å². The number of thiol groups is 3. The maximum Gasteiger partial charge on any atom is 0.329 e. The predicted octanol–water partition coefficient (Wildman–Crippen LogP) is 1.06. The molecule has 250 valence electrons. The summed E-state index contributed by atoms with van der Waals surface area (Å²) in [5.41, 5.74) is 0.0773. The SMILES string of the molecule is COC(=O)C(CSN[C@@H](CS)C(=O)S)NC(=O)c1cccnc1-c1ncccc1C(=O)NC(CSSN[C@H](C=O)CS)C(=O)OC. The standard InChI is InChI=1S/C26H32N6O8S6/c1-39-24(36)18(12-44-32-17(11-42)26(38)43)29-22(34)15-5-3-7-27-20(15)21-16(6-4-8-28-21)23(35)30-19(25(37)40-2)13-45-46-31-14(9-33)10-41/h3-9,14,17-19,31-32,41-42H,10-13H2,1-2H3,(H,29,34)(H,30,35)(H,38,43)/t14-,17+,18?,19?/m1/s1. The summed E-state index contributed by atoms with van der Waals surface area (Å²) in [6, 6.07) is 2.50. The van der Waals surface area contributed by atoms with Gasteiger partial charge in [-0.25, -0.2) is 14.3 Å². The first-order valence-electron chi connectivity index (χ1n) is 13.1. The summed E-state index contributed by atoms with van der Waals surface area (Å²) < 4.78 is 15.4. The fourth-order valence-corrected chi connectivity index (χ4v) is 7.24. The van der Waals surface area contributed by atoms with Crippen LogP contribution in [0.4, 0.5) is 0 Å². The number of carbonyl (C=O) groups is 6. The van der Waals surface area contributed by atoms with Crippen molar-refractivity contribution in [2.45, 2.75) is 24.2 Å². The number of ether oxygens (including phenoxy) is 2. The fourth-order valence-electron chi connectivity index (χ4n) is 3.35. The highest BCUT2D eigenvalue weighted by molar-refractivity contribution is 8.76. The normalized spacial score (nSPS) is 13.4. The largest absolute Gasteiger partial charge is 0.467 e. The van der Waals surface area contributed by atoms with E-state index in [0.717, 1.165) is 22.9 Å². The van der Waals surface area contributed by atoms with Crippen LogP contribution in [-0.2, 0) is 28.7 Å². The van der Waals surface area contributed by atoms with Gasteiger partial charge in [0.25, 0.3) is 11.8 Å². The third-order valence-electron chi connectivity index (χ3n) is 5.72. The quantitative estimate of drug-likeness (QED) is 0.0254. The van der Waals surface area contributed by atoms with Crippen molar-refractivity contribution < 1.29 is 38.2 Å². The Labute approximate surface area is 294 Å². The number of hydrogen-bond donors (Lipinski definition) is 7. The van der Waals surface area contributed by atoms with Crippen LogP contribution in [0.15, 0.2) is 36.7 Å². The van der Waals surface area contributed by atoms with Gasteiger partial charge in [-0.2, -0.15) is 25.3 Å². The van der Waals surface area contributed by atoms with E-state index in [4.69, 9.17) is 9.47 Å². The van der Waals surface area contributed by atoms with Crippen LogP contribution >= 0.6 is 71.6 Å². The van der Waals surface area contributed by atoms with Crippen molar-refractivity contribution in [1.82, 2.24) is 30.0 Å². The first-order chi connectivity index (χ1) is 22.1. The Kier molecular flexibility index (Phi) is 18.5. The molecule has 4 N–H and O–H groups in total. The highest BCUT2D eigenvalue weighted by Crippen LogP contribution is 2.24. The number of hydrogen-bond acceptors (Lipinski definition) is 17. The number of nitrogens with zero attached hydrogens (tertiary/aromatic N) is 2. The number of rotatable bonds is 20. The molecule has 2 aromatic rings.